The Balaban J connectivity index is 3.73. The molecule has 0 aliphatic rings. The van der Waals surface area contributed by atoms with E-state index in [0.717, 1.165) is 18.2 Å². The maximum Gasteiger partial charge on any atom is 0.254 e. The number of hydrogen-bond donors (Lipinski definition) is 0. The lowest BCUT2D eigenvalue weighted by molar-refractivity contribution is 0.617. The zero-order valence-corrected chi connectivity index (χ0v) is 6.74. The number of hydrogen-bond acceptors (Lipinski definition) is 2. The van der Waals surface area contributed by atoms with Gasteiger partial charge in [0.2, 0.25) is 0 Å². The van der Waals surface area contributed by atoms with E-state index in [-0.39, 0.29) is 0 Å². The number of allylic oxidation sites excluding steroid dienone is 1. The van der Waals surface area contributed by atoms with Crippen LogP contribution in [0, 0.1) is 0 Å². The molecule has 0 saturated carbocycles. The average Bonchev–Trinajstić information content (AvgIpc) is 1.63. The van der Waals surface area contributed by atoms with Gasteiger partial charge in [-0.1, -0.05) is 19.4 Å². The van der Waals surface area contributed by atoms with Gasteiger partial charge >= 0.3 is 0 Å². The molecule has 2 nitrogen and oxygen atoms in total. The smallest absolute Gasteiger partial charge is 0.208 e. The van der Waals surface area contributed by atoms with Crippen LogP contribution in [0.25, 0.3) is 0 Å². The van der Waals surface area contributed by atoms with Gasteiger partial charge in [0.15, 0.2) is 0 Å². The van der Waals surface area contributed by atoms with Gasteiger partial charge in [0.25, 0.3) is 9.05 Å². The predicted molar refractivity (Wildman–Crippen MR) is 38.8 cm³/mol. The van der Waals surface area contributed by atoms with Crippen molar-refractivity contribution in [2.45, 2.75) is 19.8 Å². The van der Waals surface area contributed by atoms with Crippen molar-refractivity contribution in [1.82, 2.24) is 0 Å². The van der Waals surface area contributed by atoms with Crippen LogP contribution in [-0.4, -0.2) is 8.42 Å². The largest absolute Gasteiger partial charge is 0.254 e. The van der Waals surface area contributed by atoms with Gasteiger partial charge in [-0.15, -0.1) is 0 Å². The Morgan fingerprint density at radius 1 is 1.56 bits per heavy atom. The Kier molecular flexibility index (Phi) is 3.89. The standard InChI is InChI=1S/C5H9ClO2S/c1-2-3-4-5-9(6,7)8/h4-5H,2-3H2,1H3/b5-4-. The lowest BCUT2D eigenvalue weighted by atomic mass is 10.3. The molecule has 0 aromatic heterocycles. The lowest BCUT2D eigenvalue weighted by Crippen LogP contribution is -1.78. The third-order valence-corrected chi connectivity index (χ3v) is 1.54. The Morgan fingerprint density at radius 3 is 2.44 bits per heavy atom. The fourth-order valence-electron chi connectivity index (χ4n) is 0.350. The van der Waals surface area contributed by atoms with Crippen LogP contribution in [-0.2, 0) is 9.05 Å². The van der Waals surface area contributed by atoms with Crippen LogP contribution >= 0.6 is 10.7 Å². The summed E-state index contributed by atoms with van der Waals surface area (Å²) in [6.45, 7) is 1.96. The van der Waals surface area contributed by atoms with Gasteiger partial charge in [0, 0.05) is 16.1 Å². The molecule has 4 heteroatoms. The lowest BCUT2D eigenvalue weighted by Gasteiger charge is -1.81. The molecule has 0 amide bonds. The van der Waals surface area contributed by atoms with E-state index < -0.39 is 9.05 Å². The fourth-order valence-corrected chi connectivity index (χ4v) is 0.934. The summed E-state index contributed by atoms with van der Waals surface area (Å²) in [5.41, 5.74) is 0. The second kappa shape index (κ2) is 3.90. The SMILES string of the molecule is CCC/C=C\S(=O)(=O)Cl. The molecule has 0 bridgehead atoms. The van der Waals surface area contributed by atoms with Crippen molar-refractivity contribution in [3.05, 3.63) is 11.5 Å². The van der Waals surface area contributed by atoms with Crippen LogP contribution in [0.5, 0.6) is 0 Å². The first-order chi connectivity index (χ1) is 4.06. The Labute approximate surface area is 59.9 Å². The molecule has 0 N–H and O–H groups in total. The molecule has 0 aromatic carbocycles. The van der Waals surface area contributed by atoms with E-state index in [1.54, 1.807) is 6.08 Å². The molecule has 0 aliphatic carbocycles. The molecule has 9 heavy (non-hydrogen) atoms. The van der Waals surface area contributed by atoms with Gasteiger partial charge in [-0.05, 0) is 6.42 Å². The van der Waals surface area contributed by atoms with Crippen molar-refractivity contribution in [2.24, 2.45) is 0 Å². The second-order valence-corrected chi connectivity index (χ2v) is 4.15. The molecule has 0 saturated heterocycles. The van der Waals surface area contributed by atoms with E-state index in [4.69, 9.17) is 10.7 Å². The van der Waals surface area contributed by atoms with E-state index in [9.17, 15) is 8.42 Å². The Bertz CT molecular complexity index is 181. The highest BCUT2D eigenvalue weighted by Crippen LogP contribution is 1.99. The molecule has 0 heterocycles. The van der Waals surface area contributed by atoms with Crippen molar-refractivity contribution in [3.8, 4) is 0 Å². The number of halogens is 1. The highest BCUT2D eigenvalue weighted by molar-refractivity contribution is 8.16. The quantitative estimate of drug-likeness (QED) is 0.603. The summed E-state index contributed by atoms with van der Waals surface area (Å²) in [5.74, 6) is 0. The first kappa shape index (κ1) is 8.98. The van der Waals surface area contributed by atoms with E-state index in [0.29, 0.717) is 0 Å². The van der Waals surface area contributed by atoms with Crippen LogP contribution < -0.4 is 0 Å². The molecule has 0 atom stereocenters. The van der Waals surface area contributed by atoms with Crippen molar-refractivity contribution < 1.29 is 8.42 Å². The van der Waals surface area contributed by atoms with Gasteiger partial charge in [0.05, 0.1) is 0 Å². The van der Waals surface area contributed by atoms with Crippen molar-refractivity contribution in [2.75, 3.05) is 0 Å². The van der Waals surface area contributed by atoms with Crippen molar-refractivity contribution in [1.29, 1.82) is 0 Å². The molecule has 0 fully saturated rings. The molecule has 0 aromatic rings. The highest BCUT2D eigenvalue weighted by Gasteiger charge is 1.93. The van der Waals surface area contributed by atoms with E-state index in [1.807, 2.05) is 6.92 Å². The molecular weight excluding hydrogens is 160 g/mol. The third kappa shape index (κ3) is 7.98. The zero-order valence-electron chi connectivity index (χ0n) is 5.17. The van der Waals surface area contributed by atoms with Crippen LogP contribution in [0.1, 0.15) is 19.8 Å². The minimum Gasteiger partial charge on any atom is -0.208 e. The van der Waals surface area contributed by atoms with E-state index in [2.05, 4.69) is 0 Å². The van der Waals surface area contributed by atoms with E-state index in [1.165, 1.54) is 0 Å². The highest BCUT2D eigenvalue weighted by atomic mass is 35.7. The van der Waals surface area contributed by atoms with Crippen molar-refractivity contribution in [3.63, 3.8) is 0 Å². The second-order valence-electron chi connectivity index (χ2n) is 1.64. The summed E-state index contributed by atoms with van der Waals surface area (Å²) < 4.78 is 20.4. The number of unbranched alkanes of at least 4 members (excludes halogenated alkanes) is 1. The molecule has 0 radical (unpaired) electrons. The molecule has 0 unspecified atom stereocenters. The summed E-state index contributed by atoms with van der Waals surface area (Å²) in [7, 11) is 1.45. The molecule has 54 valence electrons. The monoisotopic (exact) mass is 168 g/mol. The Hall–Kier alpha value is -0.0200. The minimum atomic E-state index is -3.40. The number of rotatable bonds is 3. The Morgan fingerprint density at radius 2 is 2.11 bits per heavy atom. The predicted octanol–water partition coefficient (Wildman–Crippen LogP) is 1.87. The maximum atomic E-state index is 10.2. The summed E-state index contributed by atoms with van der Waals surface area (Å²) in [6, 6.07) is 0. The zero-order chi connectivity index (χ0) is 7.33. The fraction of sp³-hybridized carbons (Fsp3) is 0.600. The van der Waals surface area contributed by atoms with Gasteiger partial charge in [-0.2, -0.15) is 0 Å². The summed E-state index contributed by atoms with van der Waals surface area (Å²) in [6.07, 6.45) is 3.23. The summed E-state index contributed by atoms with van der Waals surface area (Å²) >= 11 is 0. The van der Waals surface area contributed by atoms with Crippen LogP contribution in [0.4, 0.5) is 0 Å². The summed E-state index contributed by atoms with van der Waals surface area (Å²) in [4.78, 5) is 0. The molecule has 0 aliphatic heterocycles. The van der Waals surface area contributed by atoms with Crippen molar-refractivity contribution >= 4 is 19.7 Å². The van der Waals surface area contributed by atoms with Gasteiger partial charge in [0.1, 0.15) is 0 Å². The first-order valence-electron chi connectivity index (χ1n) is 2.67. The van der Waals surface area contributed by atoms with Crippen LogP contribution in [0.2, 0.25) is 0 Å². The third-order valence-electron chi connectivity index (χ3n) is 0.714. The van der Waals surface area contributed by atoms with Gasteiger partial charge < -0.3 is 0 Å². The topological polar surface area (TPSA) is 34.1 Å². The van der Waals surface area contributed by atoms with Gasteiger partial charge in [-0.25, -0.2) is 8.42 Å². The molecule has 0 spiro atoms. The molecule has 0 rings (SSSR count). The average molecular weight is 169 g/mol. The normalized spacial score (nSPS) is 12.7. The van der Waals surface area contributed by atoms with Gasteiger partial charge in [-0.3, -0.25) is 0 Å². The summed E-state index contributed by atoms with van der Waals surface area (Å²) in [5, 5.41) is 1.01. The molecular formula is C5H9ClO2S. The maximum absolute atomic E-state index is 10.2. The van der Waals surface area contributed by atoms with Crippen LogP contribution in [0.15, 0.2) is 11.5 Å². The van der Waals surface area contributed by atoms with Crippen LogP contribution in [0.3, 0.4) is 0 Å². The van der Waals surface area contributed by atoms with E-state index >= 15 is 0 Å². The minimum absolute atomic E-state index is 0.756. The first-order valence-corrected chi connectivity index (χ1v) is 5.04.